The summed E-state index contributed by atoms with van der Waals surface area (Å²) in [6, 6.07) is 0.277. The summed E-state index contributed by atoms with van der Waals surface area (Å²) < 4.78 is 2.94. The fraction of sp³-hybridized carbons (Fsp3) is 0.636. The number of aromatic nitrogens is 2. The molecule has 0 aromatic carbocycles. The molecule has 1 aliphatic rings. The molecule has 3 nitrogen and oxygen atoms in total. The van der Waals surface area contributed by atoms with Crippen LogP contribution < -0.4 is 5.56 Å². The minimum absolute atomic E-state index is 0.0266. The van der Waals surface area contributed by atoms with Gasteiger partial charge in [0.2, 0.25) is 0 Å². The van der Waals surface area contributed by atoms with Crippen LogP contribution in [0, 0.1) is 0 Å². The van der Waals surface area contributed by atoms with E-state index < -0.39 is 0 Å². The van der Waals surface area contributed by atoms with Gasteiger partial charge in [-0.25, -0.2) is 4.68 Å². The van der Waals surface area contributed by atoms with E-state index in [0.29, 0.717) is 4.47 Å². The van der Waals surface area contributed by atoms with E-state index >= 15 is 0 Å². The van der Waals surface area contributed by atoms with E-state index in [-0.39, 0.29) is 11.6 Å². The van der Waals surface area contributed by atoms with Crippen molar-refractivity contribution in [2.24, 2.45) is 0 Å². The number of nitrogens with zero attached hydrogens (tertiary/aromatic N) is 2. The topological polar surface area (TPSA) is 34.9 Å². The van der Waals surface area contributed by atoms with Gasteiger partial charge < -0.3 is 0 Å². The standard InChI is InChI=1S/C11H14Br2N2O/c12-9-7-14-15(11(16)10(9)13)8-5-3-1-2-4-6-8/h7-8H,1-6H2. The molecule has 1 fully saturated rings. The Balaban J connectivity index is 2.32. The van der Waals surface area contributed by atoms with E-state index in [4.69, 9.17) is 0 Å². The van der Waals surface area contributed by atoms with Crippen LogP contribution in [-0.2, 0) is 0 Å². The van der Waals surface area contributed by atoms with E-state index in [0.717, 1.165) is 17.3 Å². The average molecular weight is 350 g/mol. The Morgan fingerprint density at radius 2 is 1.81 bits per heavy atom. The Kier molecular flexibility index (Phi) is 4.19. The first-order valence-corrected chi connectivity index (χ1v) is 7.21. The van der Waals surface area contributed by atoms with Gasteiger partial charge in [-0.15, -0.1) is 0 Å². The van der Waals surface area contributed by atoms with Crippen molar-refractivity contribution in [3.63, 3.8) is 0 Å². The average Bonchev–Trinajstić information content (AvgIpc) is 2.55. The summed E-state index contributed by atoms with van der Waals surface area (Å²) in [6.07, 6.45) is 8.79. The highest BCUT2D eigenvalue weighted by Crippen LogP contribution is 2.26. The number of hydrogen-bond donors (Lipinski definition) is 0. The first kappa shape index (κ1) is 12.3. The lowest BCUT2D eigenvalue weighted by molar-refractivity contribution is 0.386. The largest absolute Gasteiger partial charge is 0.282 e. The Morgan fingerprint density at radius 1 is 1.19 bits per heavy atom. The smallest absolute Gasteiger partial charge is 0.266 e. The van der Waals surface area contributed by atoms with Crippen LogP contribution in [-0.4, -0.2) is 9.78 Å². The predicted octanol–water partition coefficient (Wildman–Crippen LogP) is 3.66. The minimum atomic E-state index is -0.0266. The van der Waals surface area contributed by atoms with Gasteiger partial charge in [-0.3, -0.25) is 4.79 Å². The van der Waals surface area contributed by atoms with Gasteiger partial charge in [0.05, 0.1) is 16.7 Å². The Bertz CT molecular complexity index is 422. The van der Waals surface area contributed by atoms with Crippen molar-refractivity contribution in [3.05, 3.63) is 25.5 Å². The number of hydrogen-bond acceptors (Lipinski definition) is 2. The molecule has 1 aliphatic carbocycles. The lowest BCUT2D eigenvalue weighted by Crippen LogP contribution is -2.27. The maximum Gasteiger partial charge on any atom is 0.282 e. The normalized spacial score (nSPS) is 18.4. The molecule has 0 spiro atoms. The van der Waals surface area contributed by atoms with Crippen LogP contribution in [0.5, 0.6) is 0 Å². The SMILES string of the molecule is O=c1c(Br)c(Br)cnn1C1CCCCCC1. The molecule has 16 heavy (non-hydrogen) atoms. The molecule has 0 aliphatic heterocycles. The van der Waals surface area contributed by atoms with Crippen molar-refractivity contribution < 1.29 is 0 Å². The molecule has 2 rings (SSSR count). The zero-order chi connectivity index (χ0) is 11.5. The molecule has 1 saturated carbocycles. The molecule has 0 saturated heterocycles. The summed E-state index contributed by atoms with van der Waals surface area (Å²) in [5.41, 5.74) is -0.0266. The predicted molar refractivity (Wildman–Crippen MR) is 70.6 cm³/mol. The highest BCUT2D eigenvalue weighted by Gasteiger charge is 2.17. The first-order chi connectivity index (χ1) is 7.70. The zero-order valence-corrected chi connectivity index (χ0v) is 12.1. The van der Waals surface area contributed by atoms with E-state index in [9.17, 15) is 4.79 Å². The Hall–Kier alpha value is -0.160. The summed E-state index contributed by atoms with van der Waals surface area (Å²) in [4.78, 5) is 12.0. The molecule has 0 bridgehead atoms. The maximum atomic E-state index is 12.0. The van der Waals surface area contributed by atoms with Gasteiger partial charge in [0.15, 0.2) is 0 Å². The molecule has 0 amide bonds. The third-order valence-electron chi connectivity index (χ3n) is 3.07. The van der Waals surface area contributed by atoms with Crippen LogP contribution in [0.15, 0.2) is 19.9 Å². The summed E-state index contributed by atoms with van der Waals surface area (Å²) in [6.45, 7) is 0. The number of rotatable bonds is 1. The summed E-state index contributed by atoms with van der Waals surface area (Å²) in [5.74, 6) is 0. The van der Waals surface area contributed by atoms with Crippen molar-refractivity contribution in [3.8, 4) is 0 Å². The van der Waals surface area contributed by atoms with Crippen LogP contribution >= 0.6 is 31.9 Å². The lowest BCUT2D eigenvalue weighted by Gasteiger charge is -2.16. The van der Waals surface area contributed by atoms with Crippen molar-refractivity contribution >= 4 is 31.9 Å². The van der Waals surface area contributed by atoms with Gasteiger partial charge in [0.1, 0.15) is 4.47 Å². The first-order valence-electron chi connectivity index (χ1n) is 5.63. The second kappa shape index (κ2) is 5.45. The van der Waals surface area contributed by atoms with E-state index in [1.807, 2.05) is 0 Å². The zero-order valence-electron chi connectivity index (χ0n) is 8.96. The van der Waals surface area contributed by atoms with Crippen molar-refractivity contribution in [1.29, 1.82) is 0 Å². The van der Waals surface area contributed by atoms with Gasteiger partial charge >= 0.3 is 0 Å². The van der Waals surface area contributed by atoms with Gasteiger partial charge in [-0.1, -0.05) is 25.7 Å². The highest BCUT2D eigenvalue weighted by atomic mass is 79.9. The Labute approximate surface area is 111 Å². The highest BCUT2D eigenvalue weighted by molar-refractivity contribution is 9.13. The third-order valence-corrected chi connectivity index (χ3v) is 4.97. The van der Waals surface area contributed by atoms with Crippen LogP contribution in [0.25, 0.3) is 0 Å². The maximum absolute atomic E-state index is 12.0. The summed E-state index contributed by atoms with van der Waals surface area (Å²) in [5, 5.41) is 4.23. The molecule has 88 valence electrons. The van der Waals surface area contributed by atoms with Gasteiger partial charge in [0.25, 0.3) is 5.56 Å². The molecule has 0 radical (unpaired) electrons. The van der Waals surface area contributed by atoms with E-state index in [2.05, 4.69) is 37.0 Å². The van der Waals surface area contributed by atoms with E-state index in [1.54, 1.807) is 10.9 Å². The minimum Gasteiger partial charge on any atom is -0.266 e. The van der Waals surface area contributed by atoms with Crippen molar-refractivity contribution in [2.75, 3.05) is 0 Å². The summed E-state index contributed by atoms with van der Waals surface area (Å²) in [7, 11) is 0. The van der Waals surface area contributed by atoms with Crippen LogP contribution in [0.4, 0.5) is 0 Å². The van der Waals surface area contributed by atoms with Crippen LogP contribution in [0.1, 0.15) is 44.6 Å². The summed E-state index contributed by atoms with van der Waals surface area (Å²) >= 11 is 6.59. The Morgan fingerprint density at radius 3 is 2.44 bits per heavy atom. The molecular weight excluding hydrogens is 336 g/mol. The fourth-order valence-corrected chi connectivity index (χ4v) is 2.73. The molecule has 5 heteroatoms. The quantitative estimate of drug-likeness (QED) is 0.725. The lowest BCUT2D eigenvalue weighted by atomic mass is 10.1. The van der Waals surface area contributed by atoms with Crippen LogP contribution in [0.2, 0.25) is 0 Å². The second-order valence-corrected chi connectivity index (χ2v) is 5.85. The third kappa shape index (κ3) is 2.56. The monoisotopic (exact) mass is 348 g/mol. The van der Waals surface area contributed by atoms with Crippen LogP contribution in [0.3, 0.4) is 0 Å². The fourth-order valence-electron chi connectivity index (χ4n) is 2.19. The molecule has 1 heterocycles. The molecule has 1 aromatic rings. The molecule has 0 N–H and O–H groups in total. The molecule has 0 atom stereocenters. The molecule has 0 unspecified atom stereocenters. The van der Waals surface area contributed by atoms with Gasteiger partial charge in [0, 0.05) is 0 Å². The van der Waals surface area contributed by atoms with Crippen molar-refractivity contribution in [1.82, 2.24) is 9.78 Å². The van der Waals surface area contributed by atoms with E-state index in [1.165, 1.54) is 25.7 Å². The van der Waals surface area contributed by atoms with Gasteiger partial charge in [-0.05, 0) is 44.7 Å². The number of halogens is 2. The van der Waals surface area contributed by atoms with Crippen molar-refractivity contribution in [2.45, 2.75) is 44.6 Å². The van der Waals surface area contributed by atoms with Gasteiger partial charge in [-0.2, -0.15) is 5.10 Å². The second-order valence-electron chi connectivity index (χ2n) is 4.20. The molecule has 1 aromatic heterocycles. The molecular formula is C11H14Br2N2O.